The quantitative estimate of drug-likeness (QED) is 0.695. The Balaban J connectivity index is 1.59. The van der Waals surface area contributed by atoms with Crippen LogP contribution < -0.4 is 0 Å². The molecular weight excluding hydrogens is 364 g/mol. The molecule has 7 nitrogen and oxygen atoms in total. The summed E-state index contributed by atoms with van der Waals surface area (Å²) < 4.78 is 24.0. The fourth-order valence-corrected chi connectivity index (χ4v) is 7.50. The number of hydrogen-bond donors (Lipinski definition) is 2. The van der Waals surface area contributed by atoms with Gasteiger partial charge in [0.2, 0.25) is 0 Å². The summed E-state index contributed by atoms with van der Waals surface area (Å²) in [5.74, 6) is -0.776. The molecule has 3 aliphatic heterocycles. The number of hydrogen-bond acceptors (Lipinski definition) is 7. The number of methoxy groups -OCH3 is 1. The van der Waals surface area contributed by atoms with Gasteiger partial charge < -0.3 is 29.2 Å². The molecular formula is C21H32O7. The van der Waals surface area contributed by atoms with Crippen LogP contribution in [-0.2, 0) is 23.7 Å². The molecule has 0 amide bonds. The Morgan fingerprint density at radius 1 is 1.14 bits per heavy atom. The van der Waals surface area contributed by atoms with E-state index in [1.165, 1.54) is 7.11 Å². The van der Waals surface area contributed by atoms with Crippen LogP contribution in [0.5, 0.6) is 0 Å². The summed E-state index contributed by atoms with van der Waals surface area (Å²) in [4.78, 5) is 13.6. The second-order valence-electron chi connectivity index (χ2n) is 10.7. The van der Waals surface area contributed by atoms with Crippen molar-refractivity contribution in [3.05, 3.63) is 0 Å². The van der Waals surface area contributed by atoms with E-state index < -0.39 is 52.9 Å². The first kappa shape index (κ1) is 19.4. The Bertz CT molecular complexity index is 705. The van der Waals surface area contributed by atoms with Crippen molar-refractivity contribution in [2.45, 2.75) is 89.6 Å². The fraction of sp³-hybridized carbons (Fsp3) is 0.952. The maximum atomic E-state index is 13.6. The summed E-state index contributed by atoms with van der Waals surface area (Å²) in [7, 11) is 1.54. The van der Waals surface area contributed by atoms with Gasteiger partial charge in [0.25, 0.3) is 0 Å². The number of fused-ring (bicyclic) bond motifs is 6. The van der Waals surface area contributed by atoms with E-state index in [4.69, 9.17) is 18.9 Å². The maximum absolute atomic E-state index is 13.6. The molecule has 0 aromatic heterocycles. The molecule has 3 heterocycles. The number of Topliss-reactive ketones (excluding diaryl/α,β-unsaturated/α-hetero) is 1. The van der Waals surface area contributed by atoms with Crippen LogP contribution in [0.4, 0.5) is 0 Å². The lowest BCUT2D eigenvalue weighted by Crippen LogP contribution is -2.73. The standard InChI is InChI=1S/C21H32O7/c1-18(2)15(23)13-16(27-17(18)25-5)26-12-8-21-9-19(3,24)10(14(21)22)6-7-11(21)20(13,4)28-12/h10-14,16-17,22,24H,6-9H2,1-5H3/t10-,11+,12+,13+,14-,16-,17-,19-,20-,21+/m1/s1. The monoisotopic (exact) mass is 396 g/mol. The van der Waals surface area contributed by atoms with Crippen molar-refractivity contribution in [1.82, 2.24) is 0 Å². The lowest BCUT2D eigenvalue weighted by Gasteiger charge is -2.64. The smallest absolute Gasteiger partial charge is 0.176 e. The van der Waals surface area contributed by atoms with E-state index in [1.807, 2.05) is 27.7 Å². The predicted molar refractivity (Wildman–Crippen MR) is 96.8 cm³/mol. The van der Waals surface area contributed by atoms with E-state index in [9.17, 15) is 15.0 Å². The van der Waals surface area contributed by atoms with Gasteiger partial charge in [-0.15, -0.1) is 0 Å². The molecule has 0 aromatic rings. The minimum atomic E-state index is -0.914. The molecule has 28 heavy (non-hydrogen) atoms. The highest BCUT2D eigenvalue weighted by atomic mass is 16.8. The molecule has 3 saturated heterocycles. The first-order valence-electron chi connectivity index (χ1n) is 10.4. The van der Waals surface area contributed by atoms with Crippen molar-refractivity contribution in [1.29, 1.82) is 0 Å². The van der Waals surface area contributed by atoms with Gasteiger partial charge in [-0.2, -0.15) is 0 Å². The third kappa shape index (κ3) is 2.13. The van der Waals surface area contributed by atoms with Gasteiger partial charge in [-0.3, -0.25) is 4.79 Å². The molecule has 2 aliphatic carbocycles. The fourth-order valence-electron chi connectivity index (χ4n) is 7.50. The van der Waals surface area contributed by atoms with E-state index in [0.717, 1.165) is 12.8 Å². The van der Waals surface area contributed by atoms with Crippen molar-refractivity contribution >= 4 is 5.78 Å². The molecule has 1 spiro atoms. The Labute approximate surface area is 165 Å². The summed E-state index contributed by atoms with van der Waals surface area (Å²) in [5.41, 5.74) is -3.06. The largest absolute Gasteiger partial charge is 0.392 e. The molecule has 4 bridgehead atoms. The molecule has 5 aliphatic rings. The highest BCUT2D eigenvalue weighted by Gasteiger charge is 2.74. The number of aliphatic hydroxyl groups is 2. The average Bonchev–Trinajstić information content (AvgIpc) is 2.69. The van der Waals surface area contributed by atoms with E-state index in [0.29, 0.717) is 12.8 Å². The van der Waals surface area contributed by atoms with Crippen LogP contribution in [0.3, 0.4) is 0 Å². The zero-order valence-corrected chi connectivity index (χ0v) is 17.3. The highest BCUT2D eigenvalue weighted by molar-refractivity contribution is 5.89. The third-order valence-corrected chi connectivity index (χ3v) is 8.69. The summed E-state index contributed by atoms with van der Waals surface area (Å²) in [6.07, 6.45) is -0.0421. The van der Waals surface area contributed by atoms with Gasteiger partial charge >= 0.3 is 0 Å². The van der Waals surface area contributed by atoms with Gasteiger partial charge in [0, 0.05) is 24.9 Å². The van der Waals surface area contributed by atoms with Crippen molar-refractivity contribution in [3.8, 4) is 0 Å². The van der Waals surface area contributed by atoms with Gasteiger partial charge in [-0.05, 0) is 52.9 Å². The Hall–Kier alpha value is -0.570. The molecule has 0 aromatic carbocycles. The number of rotatable bonds is 1. The minimum absolute atomic E-state index is 0.00923. The van der Waals surface area contributed by atoms with Crippen LogP contribution in [0.2, 0.25) is 0 Å². The van der Waals surface area contributed by atoms with Gasteiger partial charge in [0.15, 0.2) is 24.7 Å². The SMILES string of the molecule is CO[C@@H]1O[C@H]2O[C@@H]3C[C@]45C[C@@](C)(O)[C@H](CC[C@H]4[C@@](C)(O3)[C@H]2C(=O)C1(C)C)[C@H]5O. The molecule has 2 N–H and O–H groups in total. The Morgan fingerprint density at radius 2 is 1.86 bits per heavy atom. The average molecular weight is 396 g/mol. The summed E-state index contributed by atoms with van der Waals surface area (Å²) in [6.45, 7) is 7.48. The maximum Gasteiger partial charge on any atom is 0.176 e. The topological polar surface area (TPSA) is 94.5 Å². The first-order chi connectivity index (χ1) is 13.0. The van der Waals surface area contributed by atoms with E-state index in [1.54, 1.807) is 0 Å². The summed E-state index contributed by atoms with van der Waals surface area (Å²) in [6, 6.07) is 0. The zero-order chi connectivity index (χ0) is 20.3. The van der Waals surface area contributed by atoms with Crippen molar-refractivity contribution in [2.24, 2.45) is 28.6 Å². The van der Waals surface area contributed by atoms with Crippen molar-refractivity contribution in [2.75, 3.05) is 7.11 Å². The van der Waals surface area contributed by atoms with Gasteiger partial charge in [-0.25, -0.2) is 0 Å². The second kappa shape index (κ2) is 5.56. The number of carbonyl (C=O) groups is 1. The van der Waals surface area contributed by atoms with Gasteiger partial charge in [0.1, 0.15) is 0 Å². The molecule has 0 unspecified atom stereocenters. The van der Waals surface area contributed by atoms with Gasteiger partial charge in [0.05, 0.1) is 28.6 Å². The zero-order valence-electron chi connectivity index (χ0n) is 17.3. The van der Waals surface area contributed by atoms with Crippen LogP contribution in [0.15, 0.2) is 0 Å². The number of ether oxygens (including phenoxy) is 4. The van der Waals surface area contributed by atoms with E-state index in [2.05, 4.69) is 0 Å². The number of ketones is 1. The summed E-state index contributed by atoms with van der Waals surface area (Å²) >= 11 is 0. The molecule has 7 heteroatoms. The minimum Gasteiger partial charge on any atom is -0.392 e. The lowest BCUT2D eigenvalue weighted by atomic mass is 9.52. The third-order valence-electron chi connectivity index (χ3n) is 8.69. The Kier molecular flexibility index (Phi) is 3.85. The molecule has 5 fully saturated rings. The first-order valence-corrected chi connectivity index (χ1v) is 10.4. The van der Waals surface area contributed by atoms with Crippen LogP contribution in [-0.4, -0.2) is 59.3 Å². The molecule has 2 saturated carbocycles. The summed E-state index contributed by atoms with van der Waals surface area (Å²) in [5, 5.41) is 22.2. The normalized spacial score (nSPS) is 59.5. The van der Waals surface area contributed by atoms with E-state index >= 15 is 0 Å². The van der Waals surface area contributed by atoms with Crippen molar-refractivity contribution in [3.63, 3.8) is 0 Å². The van der Waals surface area contributed by atoms with E-state index in [-0.39, 0.29) is 17.6 Å². The molecule has 158 valence electrons. The number of carbonyl (C=O) groups excluding carboxylic acids is 1. The predicted octanol–water partition coefficient (Wildman–Crippen LogP) is 1.59. The van der Waals surface area contributed by atoms with Crippen LogP contribution >= 0.6 is 0 Å². The lowest BCUT2D eigenvalue weighted by molar-refractivity contribution is -0.432. The molecule has 10 atom stereocenters. The van der Waals surface area contributed by atoms with Crippen LogP contribution in [0.25, 0.3) is 0 Å². The van der Waals surface area contributed by atoms with Crippen LogP contribution in [0, 0.1) is 28.6 Å². The van der Waals surface area contributed by atoms with Crippen LogP contribution in [0.1, 0.15) is 53.4 Å². The van der Waals surface area contributed by atoms with Gasteiger partial charge in [-0.1, -0.05) is 0 Å². The molecule has 0 radical (unpaired) electrons. The highest BCUT2D eigenvalue weighted by Crippen LogP contribution is 2.68. The second-order valence-corrected chi connectivity index (χ2v) is 10.7. The van der Waals surface area contributed by atoms with Crippen molar-refractivity contribution < 1.29 is 34.0 Å². The Morgan fingerprint density at radius 3 is 2.54 bits per heavy atom. The number of aliphatic hydroxyl groups excluding tert-OH is 1. The molecule has 5 rings (SSSR count).